The average Bonchev–Trinajstić information content (AvgIpc) is 2.30. The summed E-state index contributed by atoms with van der Waals surface area (Å²) >= 11 is 0. The molecule has 0 aliphatic rings. The number of carbonyl (C=O) groups excluding carboxylic acids is 1. The maximum atomic E-state index is 13.2. The number of hydrogen-bond acceptors (Lipinski definition) is 4. The largest absolute Gasteiger partial charge is 0.468 e. The summed E-state index contributed by atoms with van der Waals surface area (Å²) in [5, 5.41) is 0. The van der Waals surface area contributed by atoms with Crippen molar-refractivity contribution >= 4 is 11.7 Å². The second kappa shape index (κ2) is 5.43. The molecule has 1 aromatic rings. The van der Waals surface area contributed by atoms with E-state index >= 15 is 0 Å². The molecule has 4 nitrogen and oxygen atoms in total. The van der Waals surface area contributed by atoms with Crippen LogP contribution in [0.2, 0.25) is 0 Å². The van der Waals surface area contributed by atoms with Gasteiger partial charge in [-0.3, -0.25) is 4.79 Å². The highest BCUT2D eigenvalue weighted by molar-refractivity contribution is 5.75. The first-order chi connectivity index (χ1) is 8.66. The summed E-state index contributed by atoms with van der Waals surface area (Å²) in [5.41, 5.74) is 8.28. The number of nitrogen functional groups attached to an aromatic ring is 1. The van der Waals surface area contributed by atoms with Gasteiger partial charge < -0.3 is 16.2 Å². The van der Waals surface area contributed by atoms with Crippen LogP contribution in [0.15, 0.2) is 12.1 Å². The first-order valence-electron chi connectivity index (χ1n) is 5.15. The topological polar surface area (TPSA) is 78.3 Å². The Bertz CT molecular complexity index is 488. The van der Waals surface area contributed by atoms with Gasteiger partial charge in [0.2, 0.25) is 0 Å². The molecule has 0 amide bonds. The number of rotatable bonds is 3. The van der Waals surface area contributed by atoms with Crippen molar-refractivity contribution in [3.05, 3.63) is 29.1 Å². The maximum Gasteiger partial charge on any atom is 0.416 e. The van der Waals surface area contributed by atoms with E-state index in [0.29, 0.717) is 12.1 Å². The molecule has 19 heavy (non-hydrogen) atoms. The summed E-state index contributed by atoms with van der Waals surface area (Å²) in [6.07, 6.45) is -5.22. The molecule has 4 N–H and O–H groups in total. The lowest BCUT2D eigenvalue weighted by Gasteiger charge is -2.16. The van der Waals surface area contributed by atoms with Crippen LogP contribution in [0.1, 0.15) is 11.1 Å². The Kier molecular flexibility index (Phi) is 4.35. The van der Waals surface area contributed by atoms with Gasteiger partial charge in [-0.2, -0.15) is 13.2 Å². The van der Waals surface area contributed by atoms with Crippen molar-refractivity contribution in [2.45, 2.75) is 18.6 Å². The van der Waals surface area contributed by atoms with Crippen LogP contribution in [0, 0.1) is 5.82 Å². The van der Waals surface area contributed by atoms with Crippen molar-refractivity contribution in [1.82, 2.24) is 0 Å². The van der Waals surface area contributed by atoms with Gasteiger partial charge in [0, 0.05) is 0 Å². The van der Waals surface area contributed by atoms with E-state index in [4.69, 9.17) is 11.5 Å². The number of alkyl halides is 3. The molecule has 0 aromatic heterocycles. The third kappa shape index (κ3) is 3.57. The number of benzene rings is 1. The van der Waals surface area contributed by atoms with Crippen molar-refractivity contribution in [1.29, 1.82) is 0 Å². The molecular weight excluding hydrogens is 268 g/mol. The van der Waals surface area contributed by atoms with Crippen molar-refractivity contribution in [2.75, 3.05) is 12.8 Å². The molecule has 0 heterocycles. The molecule has 0 spiro atoms. The number of nitrogens with two attached hydrogens (primary N) is 2. The highest BCUT2D eigenvalue weighted by Crippen LogP contribution is 2.34. The maximum absolute atomic E-state index is 13.2. The number of halogens is 4. The van der Waals surface area contributed by atoms with Gasteiger partial charge in [0.25, 0.3) is 0 Å². The highest BCUT2D eigenvalue weighted by Gasteiger charge is 2.35. The van der Waals surface area contributed by atoms with Gasteiger partial charge in [0.05, 0.1) is 18.4 Å². The van der Waals surface area contributed by atoms with Gasteiger partial charge in [0.15, 0.2) is 0 Å². The quantitative estimate of drug-likeness (QED) is 0.499. The van der Waals surface area contributed by atoms with Crippen molar-refractivity contribution in [3.63, 3.8) is 0 Å². The molecule has 0 fully saturated rings. The molecule has 0 aliphatic carbocycles. The minimum Gasteiger partial charge on any atom is -0.468 e. The zero-order chi connectivity index (χ0) is 14.8. The molecule has 1 aromatic carbocycles. The number of methoxy groups -OCH3 is 1. The van der Waals surface area contributed by atoms with Crippen LogP contribution in [0.3, 0.4) is 0 Å². The molecule has 0 radical (unpaired) electrons. The first kappa shape index (κ1) is 15.2. The third-order valence-corrected chi connectivity index (χ3v) is 2.47. The van der Waals surface area contributed by atoms with Crippen LogP contribution < -0.4 is 11.5 Å². The van der Waals surface area contributed by atoms with E-state index in [-0.39, 0.29) is 0 Å². The van der Waals surface area contributed by atoms with Crippen LogP contribution in [0.4, 0.5) is 23.2 Å². The molecule has 0 unspecified atom stereocenters. The molecule has 1 atom stereocenters. The van der Waals surface area contributed by atoms with E-state index in [1.807, 2.05) is 0 Å². The number of anilines is 1. The van der Waals surface area contributed by atoms with Crippen LogP contribution in [-0.2, 0) is 22.1 Å². The van der Waals surface area contributed by atoms with Crippen LogP contribution >= 0.6 is 0 Å². The monoisotopic (exact) mass is 280 g/mol. The van der Waals surface area contributed by atoms with E-state index in [2.05, 4.69) is 4.74 Å². The molecular formula is C11H12F4N2O2. The zero-order valence-electron chi connectivity index (χ0n) is 9.92. The predicted octanol–water partition coefficient (Wildman–Crippen LogP) is 1.47. The summed E-state index contributed by atoms with van der Waals surface area (Å²) in [6.45, 7) is 0. The fourth-order valence-corrected chi connectivity index (χ4v) is 1.54. The number of ether oxygens (including phenoxy) is 1. The van der Waals surface area contributed by atoms with Crippen LogP contribution in [-0.4, -0.2) is 19.1 Å². The fraction of sp³-hybridized carbons (Fsp3) is 0.364. The lowest BCUT2D eigenvalue weighted by atomic mass is 9.99. The van der Waals surface area contributed by atoms with Gasteiger partial charge >= 0.3 is 12.1 Å². The second-order valence-corrected chi connectivity index (χ2v) is 3.86. The summed E-state index contributed by atoms with van der Waals surface area (Å²) in [7, 11) is 1.05. The molecule has 0 saturated carbocycles. The van der Waals surface area contributed by atoms with Gasteiger partial charge in [-0.1, -0.05) is 0 Å². The van der Waals surface area contributed by atoms with Gasteiger partial charge in [0.1, 0.15) is 11.9 Å². The number of hydrogen-bond donors (Lipinski definition) is 2. The van der Waals surface area contributed by atoms with E-state index in [1.165, 1.54) is 0 Å². The number of esters is 1. The molecule has 0 aliphatic heterocycles. The Hall–Kier alpha value is -1.83. The summed E-state index contributed by atoms with van der Waals surface area (Å²) in [5.74, 6) is -1.88. The SMILES string of the molecule is COC(=O)[C@H](N)Cc1cc(F)c(N)cc1C(F)(F)F. The molecule has 1 rings (SSSR count). The Balaban J connectivity index is 3.19. The zero-order valence-corrected chi connectivity index (χ0v) is 9.92. The third-order valence-electron chi connectivity index (χ3n) is 2.47. The molecule has 0 bridgehead atoms. The summed E-state index contributed by atoms with van der Waals surface area (Å²) < 4.78 is 55.8. The van der Waals surface area contributed by atoms with E-state index in [1.54, 1.807) is 0 Å². The lowest BCUT2D eigenvalue weighted by Crippen LogP contribution is -2.34. The van der Waals surface area contributed by atoms with Crippen molar-refractivity contribution in [2.24, 2.45) is 5.73 Å². The van der Waals surface area contributed by atoms with Gasteiger partial charge in [-0.05, 0) is 24.1 Å². The van der Waals surface area contributed by atoms with Crippen molar-refractivity contribution < 1.29 is 27.1 Å². The van der Waals surface area contributed by atoms with E-state index in [9.17, 15) is 22.4 Å². The summed E-state index contributed by atoms with van der Waals surface area (Å²) in [4.78, 5) is 11.1. The minimum absolute atomic E-state index is 0.447. The molecule has 8 heteroatoms. The second-order valence-electron chi connectivity index (χ2n) is 3.86. The highest BCUT2D eigenvalue weighted by atomic mass is 19.4. The normalized spacial score (nSPS) is 13.2. The Labute approximate surface area is 106 Å². The number of carbonyl (C=O) groups is 1. The first-order valence-corrected chi connectivity index (χ1v) is 5.15. The smallest absolute Gasteiger partial charge is 0.416 e. The van der Waals surface area contributed by atoms with Crippen LogP contribution in [0.25, 0.3) is 0 Å². The Morgan fingerprint density at radius 1 is 1.42 bits per heavy atom. The van der Waals surface area contributed by atoms with Crippen LogP contribution in [0.5, 0.6) is 0 Å². The van der Waals surface area contributed by atoms with Gasteiger partial charge in [-0.25, -0.2) is 4.39 Å². The minimum atomic E-state index is -4.72. The summed E-state index contributed by atoms with van der Waals surface area (Å²) in [6, 6.07) is -0.204. The van der Waals surface area contributed by atoms with Gasteiger partial charge in [-0.15, -0.1) is 0 Å². The van der Waals surface area contributed by atoms with E-state index < -0.39 is 47.2 Å². The standard InChI is InChI=1S/C11H12F4N2O2/c1-19-10(18)9(17)3-5-2-7(12)8(16)4-6(5)11(13,14)15/h2,4,9H,3,16-17H2,1H3/t9-/m1/s1. The molecule has 0 saturated heterocycles. The lowest BCUT2D eigenvalue weighted by molar-refractivity contribution is -0.143. The van der Waals surface area contributed by atoms with Crippen molar-refractivity contribution in [3.8, 4) is 0 Å². The average molecular weight is 280 g/mol. The Morgan fingerprint density at radius 2 is 2.00 bits per heavy atom. The predicted molar refractivity (Wildman–Crippen MR) is 59.5 cm³/mol. The fourth-order valence-electron chi connectivity index (χ4n) is 1.54. The Morgan fingerprint density at radius 3 is 2.47 bits per heavy atom. The van der Waals surface area contributed by atoms with E-state index in [0.717, 1.165) is 7.11 Å². The molecule has 106 valence electrons.